The minimum Gasteiger partial charge on any atom is -0.495 e. The molecule has 0 aromatic heterocycles. The van der Waals surface area contributed by atoms with E-state index in [2.05, 4.69) is 4.72 Å². The number of aryl methyl sites for hydroxylation is 2. The van der Waals surface area contributed by atoms with Crippen LogP contribution in [0.5, 0.6) is 5.75 Å². The molecule has 0 aliphatic carbocycles. The lowest BCUT2D eigenvalue weighted by Gasteiger charge is -2.14. The zero-order valence-electron chi connectivity index (χ0n) is 16.4. The second-order valence-electron chi connectivity index (χ2n) is 6.28. The molecule has 0 fully saturated rings. The third-order valence-electron chi connectivity index (χ3n) is 4.40. The number of Topliss-reactive ketones (excluding diaryl/α,β-unsaturated/α-hetero) is 1. The van der Waals surface area contributed by atoms with Crippen molar-refractivity contribution < 1.29 is 27.5 Å². The Labute approximate surface area is 164 Å². The maximum Gasteiger partial charge on any atom is 0.338 e. The largest absolute Gasteiger partial charge is 0.495 e. The van der Waals surface area contributed by atoms with Crippen molar-refractivity contribution in [3.05, 3.63) is 58.7 Å². The lowest BCUT2D eigenvalue weighted by Crippen LogP contribution is -2.25. The van der Waals surface area contributed by atoms with Gasteiger partial charge >= 0.3 is 5.97 Å². The van der Waals surface area contributed by atoms with Crippen LogP contribution in [0.1, 0.15) is 38.8 Å². The Balaban J connectivity index is 2.25. The average Bonchev–Trinajstić information content (AvgIpc) is 2.68. The van der Waals surface area contributed by atoms with Gasteiger partial charge in [0.05, 0.1) is 12.7 Å². The lowest BCUT2D eigenvalue weighted by molar-refractivity contribution is 0.0318. The molecule has 7 nitrogen and oxygen atoms in total. The van der Waals surface area contributed by atoms with E-state index in [9.17, 15) is 18.0 Å². The molecule has 0 heterocycles. The molecule has 0 radical (unpaired) electrons. The fourth-order valence-corrected chi connectivity index (χ4v) is 3.45. The summed E-state index contributed by atoms with van der Waals surface area (Å²) in [7, 11) is -1.26. The fourth-order valence-electron chi connectivity index (χ4n) is 2.54. The van der Waals surface area contributed by atoms with Crippen LogP contribution in [0, 0.1) is 13.8 Å². The van der Waals surface area contributed by atoms with E-state index in [1.54, 1.807) is 12.1 Å². The monoisotopic (exact) mass is 405 g/mol. The number of ether oxygens (including phenoxy) is 2. The number of ketones is 1. The summed E-state index contributed by atoms with van der Waals surface area (Å²) in [6, 6.07) is 9.14. The van der Waals surface area contributed by atoms with Crippen LogP contribution in [-0.2, 0) is 14.8 Å². The minimum absolute atomic E-state index is 0.00522. The SMILES string of the molecule is CNS(=O)(=O)c1cc(C(=O)O[C@H](C)C(=O)c2ccc(C)c(C)c2)ccc1OC. The van der Waals surface area contributed by atoms with Gasteiger partial charge in [-0.1, -0.05) is 12.1 Å². The first kappa shape index (κ1) is 21.6. The summed E-state index contributed by atoms with van der Waals surface area (Å²) in [6.45, 7) is 5.31. The molecule has 2 rings (SSSR count). The van der Waals surface area contributed by atoms with Crippen molar-refractivity contribution in [2.75, 3.05) is 14.2 Å². The third-order valence-corrected chi connectivity index (χ3v) is 5.84. The molecule has 0 bridgehead atoms. The Bertz CT molecular complexity index is 1010. The molecule has 0 saturated heterocycles. The van der Waals surface area contributed by atoms with Crippen molar-refractivity contribution in [1.82, 2.24) is 4.72 Å². The lowest BCUT2D eigenvalue weighted by atomic mass is 10.0. The smallest absolute Gasteiger partial charge is 0.338 e. The topological polar surface area (TPSA) is 98.8 Å². The molecule has 150 valence electrons. The quantitative estimate of drug-likeness (QED) is 0.562. The molecule has 28 heavy (non-hydrogen) atoms. The van der Waals surface area contributed by atoms with Crippen LogP contribution in [0.15, 0.2) is 41.3 Å². The average molecular weight is 405 g/mol. The number of carbonyl (C=O) groups is 2. The highest BCUT2D eigenvalue weighted by Crippen LogP contribution is 2.25. The molecular weight excluding hydrogens is 382 g/mol. The number of rotatable bonds is 7. The molecular formula is C20H23NO6S. The summed E-state index contributed by atoms with van der Waals surface area (Å²) >= 11 is 0. The number of methoxy groups -OCH3 is 1. The van der Waals surface area contributed by atoms with E-state index in [1.807, 2.05) is 19.9 Å². The summed E-state index contributed by atoms with van der Waals surface area (Å²) in [5, 5.41) is 0. The van der Waals surface area contributed by atoms with Gasteiger partial charge in [-0.3, -0.25) is 4.79 Å². The van der Waals surface area contributed by atoms with Crippen LogP contribution in [0.4, 0.5) is 0 Å². The highest BCUT2D eigenvalue weighted by atomic mass is 32.2. The number of benzene rings is 2. The Morgan fingerprint density at radius 2 is 1.64 bits per heavy atom. The molecule has 0 aliphatic rings. The first-order valence-corrected chi connectivity index (χ1v) is 10.0. The van der Waals surface area contributed by atoms with Gasteiger partial charge in [0, 0.05) is 5.56 Å². The van der Waals surface area contributed by atoms with Crippen molar-refractivity contribution in [2.45, 2.75) is 31.8 Å². The predicted molar refractivity (Wildman–Crippen MR) is 104 cm³/mol. The zero-order chi connectivity index (χ0) is 21.1. The van der Waals surface area contributed by atoms with Gasteiger partial charge in [-0.25, -0.2) is 17.9 Å². The Morgan fingerprint density at radius 3 is 2.21 bits per heavy atom. The molecule has 8 heteroatoms. The van der Waals surface area contributed by atoms with Crippen molar-refractivity contribution in [3.63, 3.8) is 0 Å². The predicted octanol–water partition coefficient (Wildman–Crippen LogP) is 2.65. The minimum atomic E-state index is -3.84. The van der Waals surface area contributed by atoms with Gasteiger partial charge in [0.2, 0.25) is 15.8 Å². The first-order chi connectivity index (χ1) is 13.1. The van der Waals surface area contributed by atoms with Crippen LogP contribution < -0.4 is 9.46 Å². The van der Waals surface area contributed by atoms with Gasteiger partial charge in [-0.15, -0.1) is 0 Å². The van der Waals surface area contributed by atoms with Gasteiger partial charge in [-0.05, 0) is 63.2 Å². The molecule has 1 N–H and O–H groups in total. The number of esters is 1. The van der Waals surface area contributed by atoms with Gasteiger partial charge in [0.15, 0.2) is 6.10 Å². The second kappa shape index (κ2) is 8.53. The van der Waals surface area contributed by atoms with Crippen molar-refractivity contribution in [1.29, 1.82) is 0 Å². The first-order valence-electron chi connectivity index (χ1n) is 8.54. The van der Waals surface area contributed by atoms with E-state index in [1.165, 1.54) is 33.2 Å². The standard InChI is InChI=1S/C20H23NO6S/c1-12-6-7-15(10-13(12)2)19(22)14(3)27-20(23)16-8-9-17(26-5)18(11-16)28(24,25)21-4/h6-11,14,21H,1-5H3/t14-/m1/s1. The Kier molecular flexibility index (Phi) is 6.58. The summed E-state index contributed by atoms with van der Waals surface area (Å²) in [5.74, 6) is -1.06. The molecule has 0 amide bonds. The van der Waals surface area contributed by atoms with Crippen LogP contribution in [0.2, 0.25) is 0 Å². The number of sulfonamides is 1. The molecule has 2 aromatic carbocycles. The summed E-state index contributed by atoms with van der Waals surface area (Å²) < 4.78 is 36.7. The number of carbonyl (C=O) groups excluding carboxylic acids is 2. The highest BCUT2D eigenvalue weighted by Gasteiger charge is 2.24. The summed E-state index contributed by atoms with van der Waals surface area (Å²) in [6.07, 6.45) is -1.03. The van der Waals surface area contributed by atoms with Crippen molar-refractivity contribution in [3.8, 4) is 5.75 Å². The second-order valence-corrected chi connectivity index (χ2v) is 8.14. The van der Waals surface area contributed by atoms with Gasteiger partial charge in [-0.2, -0.15) is 0 Å². The molecule has 0 spiro atoms. The van der Waals surface area contributed by atoms with Gasteiger partial charge < -0.3 is 9.47 Å². The Hall–Kier alpha value is -2.71. The normalized spacial score (nSPS) is 12.3. The fraction of sp³-hybridized carbons (Fsp3) is 0.300. The van der Waals surface area contributed by atoms with Crippen LogP contribution in [0.25, 0.3) is 0 Å². The number of hydrogen-bond acceptors (Lipinski definition) is 6. The highest BCUT2D eigenvalue weighted by molar-refractivity contribution is 7.89. The van der Waals surface area contributed by atoms with Crippen molar-refractivity contribution in [2.24, 2.45) is 0 Å². The zero-order valence-corrected chi connectivity index (χ0v) is 17.2. The van der Waals surface area contributed by atoms with Crippen molar-refractivity contribution >= 4 is 21.8 Å². The molecule has 0 unspecified atom stereocenters. The maximum absolute atomic E-state index is 12.5. The Morgan fingerprint density at radius 1 is 1.00 bits per heavy atom. The number of nitrogens with one attached hydrogen (secondary N) is 1. The van der Waals surface area contributed by atoms with Crippen LogP contribution >= 0.6 is 0 Å². The maximum atomic E-state index is 12.5. The van der Waals surface area contributed by atoms with E-state index < -0.39 is 22.1 Å². The van der Waals surface area contributed by atoms with Crippen LogP contribution in [0.3, 0.4) is 0 Å². The summed E-state index contributed by atoms with van der Waals surface area (Å²) in [4.78, 5) is 24.8. The molecule has 0 saturated carbocycles. The molecule has 0 aliphatic heterocycles. The third kappa shape index (κ3) is 4.58. The van der Waals surface area contributed by atoms with Gasteiger partial charge in [0.1, 0.15) is 10.6 Å². The van der Waals surface area contributed by atoms with Gasteiger partial charge in [0.25, 0.3) is 0 Å². The molecule has 2 aromatic rings. The number of hydrogen-bond donors (Lipinski definition) is 1. The van der Waals surface area contributed by atoms with E-state index >= 15 is 0 Å². The van der Waals surface area contributed by atoms with E-state index in [4.69, 9.17) is 9.47 Å². The van der Waals surface area contributed by atoms with E-state index in [-0.39, 0.29) is 22.0 Å². The van der Waals surface area contributed by atoms with E-state index in [0.717, 1.165) is 17.2 Å². The van der Waals surface area contributed by atoms with E-state index in [0.29, 0.717) is 5.56 Å². The van der Waals surface area contributed by atoms with Crippen LogP contribution in [-0.4, -0.2) is 40.4 Å². The molecule has 1 atom stereocenters. The summed E-state index contributed by atoms with van der Waals surface area (Å²) in [5.41, 5.74) is 2.45.